The van der Waals surface area contributed by atoms with Gasteiger partial charge in [0.05, 0.1) is 55.3 Å². The van der Waals surface area contributed by atoms with E-state index >= 15 is 0 Å². The summed E-state index contributed by atoms with van der Waals surface area (Å²) in [5.41, 5.74) is -4.54. The maximum absolute atomic E-state index is 13.7. The molecule has 0 aromatic heterocycles. The number of carbonyl (C=O) groups is 1. The molecule has 0 radical (unpaired) electrons. The molecular formula is C53H30N10Na6O25S6. The maximum Gasteiger partial charge on any atom is 1.00 e. The Morgan fingerprint density at radius 2 is 0.550 bits per heavy atom. The van der Waals surface area contributed by atoms with Crippen molar-refractivity contribution in [1.82, 2.24) is 0 Å². The third-order valence-electron chi connectivity index (χ3n) is 13.2. The number of nitrogens with one attached hydrogen (secondary N) is 2. The van der Waals surface area contributed by atoms with Gasteiger partial charge in [0.2, 0.25) is 0 Å². The molecule has 10 rings (SSSR count). The molecule has 10 aromatic rings. The second-order valence-corrected chi connectivity index (χ2v) is 27.8. The largest absolute Gasteiger partial charge is 1.00 e. The van der Waals surface area contributed by atoms with Crippen molar-refractivity contribution in [3.8, 4) is 34.5 Å². The van der Waals surface area contributed by atoms with Crippen molar-refractivity contribution in [1.29, 1.82) is 0 Å². The van der Waals surface area contributed by atoms with Crippen LogP contribution in [0.4, 0.5) is 61.7 Å². The van der Waals surface area contributed by atoms with Gasteiger partial charge in [-0.15, -0.1) is 32.0 Å². The van der Waals surface area contributed by atoms with E-state index in [4.69, 9.17) is 0 Å². The van der Waals surface area contributed by atoms with Crippen LogP contribution in [0.1, 0.15) is 0 Å². The average Bonchev–Trinajstić information content (AvgIpc) is 0.772. The predicted molar refractivity (Wildman–Crippen MR) is 314 cm³/mol. The van der Waals surface area contributed by atoms with Crippen molar-refractivity contribution < 1.29 is 291 Å². The van der Waals surface area contributed by atoms with E-state index in [2.05, 4.69) is 51.5 Å². The molecule has 0 aliphatic carbocycles. The van der Waals surface area contributed by atoms with Crippen LogP contribution in [0.25, 0.3) is 43.1 Å². The fourth-order valence-electron chi connectivity index (χ4n) is 9.01. The number of anilines is 2. The molecule has 8 N–H and O–H groups in total. The summed E-state index contributed by atoms with van der Waals surface area (Å²) < 4.78 is 205. The summed E-state index contributed by atoms with van der Waals surface area (Å²) in [7, 11) is -31.1. The van der Waals surface area contributed by atoms with E-state index in [1.54, 1.807) is 0 Å². The van der Waals surface area contributed by atoms with E-state index in [-0.39, 0.29) is 233 Å². The van der Waals surface area contributed by atoms with Crippen molar-refractivity contribution in [3.05, 3.63) is 133 Å². The number of nitrogens with zero attached hydrogens (tertiary/aromatic N) is 8. The molecule has 484 valence electrons. The maximum atomic E-state index is 13.7. The summed E-state index contributed by atoms with van der Waals surface area (Å²) in [4.78, 5) is 6.90. The van der Waals surface area contributed by atoms with Crippen LogP contribution in [0.2, 0.25) is 0 Å². The Hall–Kier alpha value is -4.83. The van der Waals surface area contributed by atoms with Gasteiger partial charge in [0.15, 0.2) is 0 Å². The smallest absolute Gasteiger partial charge is 0.872 e. The van der Waals surface area contributed by atoms with Gasteiger partial charge in [-0.05, 0) is 164 Å². The first-order chi connectivity index (χ1) is 43.7. The van der Waals surface area contributed by atoms with Gasteiger partial charge in [-0.3, -0.25) is 27.3 Å². The van der Waals surface area contributed by atoms with Gasteiger partial charge in [-0.1, -0.05) is 35.1 Å². The Morgan fingerprint density at radius 3 is 0.800 bits per heavy atom. The van der Waals surface area contributed by atoms with Gasteiger partial charge in [-0.25, -0.2) is 4.79 Å². The summed E-state index contributed by atoms with van der Waals surface area (Å²) in [5, 5.41) is 111. The molecule has 2 amide bonds. The van der Waals surface area contributed by atoms with Gasteiger partial charge < -0.3 is 41.3 Å². The summed E-state index contributed by atoms with van der Waals surface area (Å²) in [6.45, 7) is 0. The number of amides is 2. The molecule has 0 saturated heterocycles. The molecule has 10 aromatic carbocycles. The van der Waals surface area contributed by atoms with Crippen LogP contribution in [0.3, 0.4) is 0 Å². The third-order valence-corrected chi connectivity index (χ3v) is 18.3. The van der Waals surface area contributed by atoms with Gasteiger partial charge in [-0.2, -0.15) is 71.0 Å². The van der Waals surface area contributed by atoms with Crippen LogP contribution in [0.5, 0.6) is 34.5 Å². The minimum atomic E-state index is -5.29. The third kappa shape index (κ3) is 19.6. The molecular weight excluding hydrogens is 1510 g/mol. The molecule has 0 fully saturated rings. The van der Waals surface area contributed by atoms with E-state index in [0.717, 1.165) is 84.9 Å². The number of carbonyl (C=O) groups excluding carboxylic acids is 1. The molecule has 35 nitrogen and oxygen atoms in total. The molecule has 0 unspecified atom stereocenters. The van der Waals surface area contributed by atoms with Crippen LogP contribution < -0.4 is 219 Å². The quantitative estimate of drug-likeness (QED) is 0.0253. The van der Waals surface area contributed by atoms with Gasteiger partial charge in [0, 0.05) is 11.4 Å². The second-order valence-electron chi connectivity index (χ2n) is 19.4. The fourth-order valence-corrected chi connectivity index (χ4v) is 12.7. The second kappa shape index (κ2) is 33.5. The van der Waals surface area contributed by atoms with Crippen molar-refractivity contribution in [2.45, 2.75) is 29.4 Å². The minimum Gasteiger partial charge on any atom is -0.872 e. The van der Waals surface area contributed by atoms with Crippen molar-refractivity contribution >= 4 is 167 Å². The van der Waals surface area contributed by atoms with Crippen molar-refractivity contribution in [2.75, 3.05) is 10.6 Å². The van der Waals surface area contributed by atoms with E-state index in [1.165, 1.54) is 12.1 Å². The topological polar surface area (TPSA) is 605 Å². The van der Waals surface area contributed by atoms with Crippen molar-refractivity contribution in [3.63, 3.8) is 0 Å². The van der Waals surface area contributed by atoms with E-state index in [0.29, 0.717) is 36.4 Å². The van der Waals surface area contributed by atoms with Crippen LogP contribution in [0.15, 0.2) is 204 Å². The zero-order valence-electron chi connectivity index (χ0n) is 51.7. The standard InChI is InChI=1S/C53H36N10O25S6.6Na/c64-37-21-33(89(71,72)73)15-25-19-41(93(83,84)85)47(51(68)43(25)37)62-58-29-5-1-27(2-6-29)56-60-45-39(91(77,78)79)17-23-13-31(9-11-35(23)49(45)66)54-53(70)55-32-10-12-36-24(14-32)18-40(92(80,81)82)46(50(36)67)61-57-28-3-7-30(8-4-28)59-63-48-42(94(86,87)88)20-26-16-34(90(74,75)76)22-38(65)44(26)52(48)69;;;;;;/h1-22,64-69H,(H2,54,55,70)(H,71,72,73)(H,74,75,76)(H,77,78,79)(H,80,81,82)(H,83,84,85)(H,86,87,88);;;;;;/q;6*+1/p-6. The summed E-state index contributed by atoms with van der Waals surface area (Å²) >= 11 is 0. The Bertz CT molecular complexity index is 5500. The van der Waals surface area contributed by atoms with Crippen LogP contribution in [-0.2, 0) is 60.7 Å². The van der Waals surface area contributed by atoms with Crippen LogP contribution >= 0.6 is 0 Å². The van der Waals surface area contributed by atoms with E-state index in [1.807, 2.05) is 0 Å². The first kappa shape index (κ1) is 87.6. The number of rotatable bonds is 16. The van der Waals surface area contributed by atoms with Gasteiger partial charge >= 0.3 is 183 Å². The Morgan fingerprint density at radius 1 is 0.300 bits per heavy atom. The number of hydrogen-bond donors (Lipinski definition) is 8. The zero-order valence-corrected chi connectivity index (χ0v) is 68.6. The number of azo groups is 4. The van der Waals surface area contributed by atoms with Gasteiger partial charge in [0.1, 0.15) is 19.6 Å². The average molecular weight is 1540 g/mol. The SMILES string of the molecule is O=C(Nc1ccc2c([O-])c(N=Nc3ccc(N=Nc4c(S(=O)(=O)O)cc5cc(S(=O)(=O)O)cc([O-])c5c4[O-])cc3)c(S(=O)(=O)O)cc2c1)Nc1ccc2c([O-])c(N=Nc3ccc(N=Nc4c(S(=O)(=O)O)cc5cc(S(=O)(=O)O)cc([O-])c5c4[O-])cc3)c(S(=O)(=O)O)cc2c1.[Na+].[Na+].[Na+].[Na+].[Na+].[Na+]. The summed E-state index contributed by atoms with van der Waals surface area (Å²) in [6, 6.07) is 20.1. The molecule has 0 aliphatic heterocycles. The van der Waals surface area contributed by atoms with E-state index < -0.39 is 175 Å². The first-order valence-electron chi connectivity index (χ1n) is 25.1. The molecule has 0 saturated carbocycles. The minimum absolute atomic E-state index is 0. The number of benzene rings is 10. The molecule has 0 aliphatic rings. The van der Waals surface area contributed by atoms with Crippen molar-refractivity contribution in [2.24, 2.45) is 40.9 Å². The summed E-state index contributed by atoms with van der Waals surface area (Å²) in [6.07, 6.45) is 0. The molecule has 100 heavy (non-hydrogen) atoms. The number of hydrogen-bond acceptors (Lipinski definition) is 27. The Balaban J connectivity index is 0.00000354. The molecule has 0 heterocycles. The molecule has 0 bridgehead atoms. The molecule has 47 heteroatoms. The fraction of sp³-hybridized carbons (Fsp3) is 0. The predicted octanol–water partition coefficient (Wildman–Crippen LogP) is -10.4. The zero-order chi connectivity index (χ0) is 68.5. The number of urea groups is 1. The Kier molecular flexibility index (Phi) is 29.4. The van der Waals surface area contributed by atoms with Crippen LogP contribution in [0, 0.1) is 0 Å². The molecule has 0 atom stereocenters. The summed E-state index contributed by atoms with van der Waals surface area (Å²) in [5.74, 6) is -7.46. The normalized spacial score (nSPS) is 12.2. The van der Waals surface area contributed by atoms with Gasteiger partial charge in [0.25, 0.3) is 60.7 Å². The first-order valence-corrected chi connectivity index (χ1v) is 33.7. The molecule has 0 spiro atoms. The van der Waals surface area contributed by atoms with E-state index in [9.17, 15) is 113 Å². The number of fused-ring (bicyclic) bond motifs is 4. The van der Waals surface area contributed by atoms with Crippen LogP contribution in [-0.4, -0.2) is 83.9 Å². The monoisotopic (exact) mass is 1540 g/mol. The Labute approximate surface area is 696 Å².